The number of hydrogen-bond donors (Lipinski definition) is 2. The van der Waals surface area contributed by atoms with E-state index < -0.39 is 0 Å². The van der Waals surface area contributed by atoms with E-state index >= 15 is 0 Å². The Morgan fingerprint density at radius 3 is 2.48 bits per heavy atom. The molecule has 2 rings (SSSR count). The van der Waals surface area contributed by atoms with Gasteiger partial charge in [0.1, 0.15) is 0 Å². The lowest BCUT2D eigenvalue weighted by Crippen LogP contribution is -2.06. The van der Waals surface area contributed by atoms with Gasteiger partial charge in [0, 0.05) is 32.0 Å². The maximum atomic E-state index is 11.0. The van der Waals surface area contributed by atoms with Gasteiger partial charge in [-0.15, -0.1) is 0 Å². The Kier molecular flexibility index (Phi) is 5.35. The van der Waals surface area contributed by atoms with Crippen LogP contribution >= 0.6 is 0 Å². The molecule has 0 aliphatic heterocycles. The Bertz CT molecular complexity index is 594. The third-order valence-corrected chi connectivity index (χ3v) is 3.01. The van der Waals surface area contributed by atoms with E-state index in [0.29, 0.717) is 6.61 Å². The van der Waals surface area contributed by atoms with Crippen LogP contribution in [0, 0.1) is 0 Å². The van der Waals surface area contributed by atoms with Crippen LogP contribution in [0.4, 0.5) is 11.4 Å². The number of nitrogens with one attached hydrogen (secondary N) is 2. The summed E-state index contributed by atoms with van der Waals surface area (Å²) in [6.07, 6.45) is 0. The molecule has 0 aromatic heterocycles. The van der Waals surface area contributed by atoms with Gasteiger partial charge in [-0.2, -0.15) is 0 Å². The Hall–Kier alpha value is -2.33. The fraction of sp³-hybridized carbons (Fsp3) is 0.235. The zero-order valence-electron chi connectivity index (χ0n) is 12.3. The summed E-state index contributed by atoms with van der Waals surface area (Å²) in [5.41, 5.74) is 4.17. The van der Waals surface area contributed by atoms with Gasteiger partial charge in [-0.25, -0.2) is 0 Å². The zero-order valence-corrected chi connectivity index (χ0v) is 12.3. The van der Waals surface area contributed by atoms with Gasteiger partial charge in [0.2, 0.25) is 5.91 Å². The number of methoxy groups -OCH3 is 1. The molecule has 0 radical (unpaired) electrons. The topological polar surface area (TPSA) is 50.4 Å². The minimum atomic E-state index is -0.0594. The van der Waals surface area contributed by atoms with Crippen LogP contribution in [-0.4, -0.2) is 13.0 Å². The molecule has 4 nitrogen and oxygen atoms in total. The predicted octanol–water partition coefficient (Wildman–Crippen LogP) is 3.40. The largest absolute Gasteiger partial charge is 0.381 e. The Labute approximate surface area is 125 Å². The summed E-state index contributed by atoms with van der Waals surface area (Å²) in [4.78, 5) is 11.0. The van der Waals surface area contributed by atoms with Crippen molar-refractivity contribution in [1.29, 1.82) is 0 Å². The number of carbonyl (C=O) groups is 1. The average molecular weight is 284 g/mol. The van der Waals surface area contributed by atoms with Crippen molar-refractivity contribution in [1.82, 2.24) is 0 Å². The fourth-order valence-corrected chi connectivity index (χ4v) is 2.05. The van der Waals surface area contributed by atoms with Gasteiger partial charge in [0.25, 0.3) is 0 Å². The molecular formula is C17H20N2O2. The van der Waals surface area contributed by atoms with Crippen molar-refractivity contribution >= 4 is 17.3 Å². The van der Waals surface area contributed by atoms with E-state index in [4.69, 9.17) is 4.74 Å². The van der Waals surface area contributed by atoms with E-state index in [9.17, 15) is 4.79 Å². The van der Waals surface area contributed by atoms with Gasteiger partial charge in [-0.1, -0.05) is 24.3 Å². The first-order valence-corrected chi connectivity index (χ1v) is 6.85. The molecule has 0 saturated heterocycles. The Balaban J connectivity index is 1.93. The van der Waals surface area contributed by atoms with E-state index in [1.54, 1.807) is 7.11 Å². The average Bonchev–Trinajstić information content (AvgIpc) is 2.47. The molecule has 2 aromatic rings. The lowest BCUT2D eigenvalue weighted by atomic mass is 10.2. The molecular weight excluding hydrogens is 264 g/mol. The summed E-state index contributed by atoms with van der Waals surface area (Å²) in [6.45, 7) is 2.85. The molecule has 0 unspecified atom stereocenters. The van der Waals surface area contributed by atoms with Crippen LogP contribution in [-0.2, 0) is 22.7 Å². The molecule has 0 bridgehead atoms. The molecule has 0 saturated carbocycles. The Morgan fingerprint density at radius 1 is 1.05 bits per heavy atom. The second kappa shape index (κ2) is 7.45. The van der Waals surface area contributed by atoms with Gasteiger partial charge in [-0.3, -0.25) is 4.79 Å². The number of anilines is 2. The van der Waals surface area contributed by atoms with E-state index in [-0.39, 0.29) is 5.91 Å². The molecule has 0 aliphatic rings. The lowest BCUT2D eigenvalue weighted by Gasteiger charge is -2.09. The van der Waals surface area contributed by atoms with Gasteiger partial charge >= 0.3 is 0 Å². The van der Waals surface area contributed by atoms with Crippen molar-refractivity contribution in [2.75, 3.05) is 17.7 Å². The smallest absolute Gasteiger partial charge is 0.221 e. The first-order valence-electron chi connectivity index (χ1n) is 6.85. The first kappa shape index (κ1) is 15.1. The van der Waals surface area contributed by atoms with Crippen LogP contribution in [0.5, 0.6) is 0 Å². The van der Waals surface area contributed by atoms with E-state index in [0.717, 1.165) is 29.0 Å². The SMILES string of the molecule is COCc1cccc(NCc2ccc(NC(C)=O)cc2)c1. The molecule has 2 N–H and O–H groups in total. The van der Waals surface area contributed by atoms with Crippen molar-refractivity contribution in [2.45, 2.75) is 20.1 Å². The normalized spacial score (nSPS) is 10.2. The molecule has 0 fully saturated rings. The van der Waals surface area contributed by atoms with Crippen LogP contribution in [0.2, 0.25) is 0 Å². The minimum Gasteiger partial charge on any atom is -0.381 e. The molecule has 110 valence electrons. The highest BCUT2D eigenvalue weighted by atomic mass is 16.5. The molecule has 0 atom stereocenters. The van der Waals surface area contributed by atoms with Crippen molar-refractivity contribution in [3.63, 3.8) is 0 Å². The number of benzene rings is 2. The molecule has 21 heavy (non-hydrogen) atoms. The summed E-state index contributed by atoms with van der Waals surface area (Å²) in [6, 6.07) is 16.0. The van der Waals surface area contributed by atoms with Crippen LogP contribution in [0.15, 0.2) is 48.5 Å². The van der Waals surface area contributed by atoms with Gasteiger partial charge in [0.05, 0.1) is 6.61 Å². The number of rotatable bonds is 6. The molecule has 0 heterocycles. The second-order valence-electron chi connectivity index (χ2n) is 4.87. The minimum absolute atomic E-state index is 0.0594. The number of ether oxygens (including phenoxy) is 1. The number of hydrogen-bond acceptors (Lipinski definition) is 3. The van der Waals surface area contributed by atoms with Gasteiger partial charge in [0.15, 0.2) is 0 Å². The van der Waals surface area contributed by atoms with Crippen molar-refractivity contribution in [3.8, 4) is 0 Å². The highest BCUT2D eigenvalue weighted by molar-refractivity contribution is 5.88. The third kappa shape index (κ3) is 4.93. The predicted molar refractivity (Wildman–Crippen MR) is 85.2 cm³/mol. The summed E-state index contributed by atoms with van der Waals surface area (Å²) in [5, 5.41) is 6.13. The highest BCUT2D eigenvalue weighted by Crippen LogP contribution is 2.14. The van der Waals surface area contributed by atoms with Crippen LogP contribution in [0.1, 0.15) is 18.1 Å². The quantitative estimate of drug-likeness (QED) is 0.854. The lowest BCUT2D eigenvalue weighted by molar-refractivity contribution is -0.114. The maximum Gasteiger partial charge on any atom is 0.221 e. The van der Waals surface area contributed by atoms with E-state index in [2.05, 4.69) is 16.7 Å². The summed E-state index contributed by atoms with van der Waals surface area (Å²) in [7, 11) is 1.69. The van der Waals surface area contributed by atoms with Crippen molar-refractivity contribution in [3.05, 3.63) is 59.7 Å². The van der Waals surface area contributed by atoms with Crippen molar-refractivity contribution in [2.24, 2.45) is 0 Å². The van der Waals surface area contributed by atoms with E-state index in [1.807, 2.05) is 42.5 Å². The summed E-state index contributed by atoms with van der Waals surface area (Å²) in [5.74, 6) is -0.0594. The molecule has 0 aliphatic carbocycles. The zero-order chi connectivity index (χ0) is 15.1. The molecule has 4 heteroatoms. The van der Waals surface area contributed by atoms with E-state index in [1.165, 1.54) is 6.92 Å². The fourth-order valence-electron chi connectivity index (χ4n) is 2.05. The first-order chi connectivity index (χ1) is 10.2. The van der Waals surface area contributed by atoms with Gasteiger partial charge < -0.3 is 15.4 Å². The van der Waals surface area contributed by atoms with Crippen LogP contribution < -0.4 is 10.6 Å². The number of carbonyl (C=O) groups excluding carboxylic acids is 1. The molecule has 2 aromatic carbocycles. The summed E-state index contributed by atoms with van der Waals surface area (Å²) >= 11 is 0. The maximum absolute atomic E-state index is 11.0. The monoisotopic (exact) mass is 284 g/mol. The standard InChI is InChI=1S/C17H20N2O2/c1-13(20)19-16-8-6-14(7-9-16)11-18-17-5-3-4-15(10-17)12-21-2/h3-10,18H,11-12H2,1-2H3,(H,19,20). The molecule has 1 amide bonds. The Morgan fingerprint density at radius 2 is 1.81 bits per heavy atom. The third-order valence-electron chi connectivity index (χ3n) is 3.01. The van der Waals surface area contributed by atoms with Crippen molar-refractivity contribution < 1.29 is 9.53 Å². The number of amides is 1. The highest BCUT2D eigenvalue weighted by Gasteiger charge is 1.98. The van der Waals surface area contributed by atoms with Crippen LogP contribution in [0.25, 0.3) is 0 Å². The van der Waals surface area contributed by atoms with Crippen LogP contribution in [0.3, 0.4) is 0 Å². The summed E-state index contributed by atoms with van der Waals surface area (Å²) < 4.78 is 5.13. The second-order valence-corrected chi connectivity index (χ2v) is 4.87. The van der Waals surface area contributed by atoms with Gasteiger partial charge in [-0.05, 0) is 35.4 Å². The molecule has 0 spiro atoms.